The quantitative estimate of drug-likeness (QED) is 0.437. The van der Waals surface area contributed by atoms with Crippen LogP contribution in [0.25, 0.3) is 17.1 Å². The summed E-state index contributed by atoms with van der Waals surface area (Å²) in [5.41, 5.74) is 1.59. The SMILES string of the molecule is C/C=C\n1c(=O)c(OCCCCCCCC)c(O)c2ccc(CCCC)cc21. The number of ether oxygens (including phenoxy) is 1. The lowest BCUT2D eigenvalue weighted by molar-refractivity contribution is 0.285. The van der Waals surface area contributed by atoms with Crippen molar-refractivity contribution in [2.24, 2.45) is 0 Å². The van der Waals surface area contributed by atoms with E-state index < -0.39 is 0 Å². The number of hydrogen-bond acceptors (Lipinski definition) is 3. The van der Waals surface area contributed by atoms with Crippen molar-refractivity contribution in [1.82, 2.24) is 4.57 Å². The van der Waals surface area contributed by atoms with Gasteiger partial charge in [0.1, 0.15) is 0 Å². The zero-order chi connectivity index (χ0) is 20.4. The van der Waals surface area contributed by atoms with Gasteiger partial charge in [-0.25, -0.2) is 0 Å². The first-order valence-corrected chi connectivity index (χ1v) is 10.8. The summed E-state index contributed by atoms with van der Waals surface area (Å²) in [6.45, 7) is 6.69. The average Bonchev–Trinajstić information content (AvgIpc) is 2.70. The van der Waals surface area contributed by atoms with Crippen molar-refractivity contribution in [2.75, 3.05) is 6.61 Å². The molecule has 0 radical (unpaired) electrons. The van der Waals surface area contributed by atoms with Crippen LogP contribution in [0.2, 0.25) is 0 Å². The van der Waals surface area contributed by atoms with Gasteiger partial charge >= 0.3 is 5.56 Å². The third-order valence-corrected chi connectivity index (χ3v) is 5.07. The minimum absolute atomic E-state index is 0.0474. The molecule has 28 heavy (non-hydrogen) atoms. The van der Waals surface area contributed by atoms with Crippen LogP contribution in [-0.2, 0) is 6.42 Å². The Balaban J connectivity index is 2.25. The lowest BCUT2D eigenvalue weighted by Gasteiger charge is -2.14. The Hall–Kier alpha value is -2.23. The summed E-state index contributed by atoms with van der Waals surface area (Å²) >= 11 is 0. The van der Waals surface area contributed by atoms with Gasteiger partial charge in [-0.3, -0.25) is 9.36 Å². The largest absolute Gasteiger partial charge is 0.504 e. The second kappa shape index (κ2) is 11.6. The van der Waals surface area contributed by atoms with Crippen molar-refractivity contribution < 1.29 is 9.84 Å². The molecule has 0 atom stereocenters. The van der Waals surface area contributed by atoms with E-state index in [0.29, 0.717) is 12.0 Å². The molecule has 1 heterocycles. The molecule has 0 bridgehead atoms. The number of pyridine rings is 1. The molecule has 0 amide bonds. The van der Waals surface area contributed by atoms with Crippen molar-refractivity contribution in [1.29, 1.82) is 0 Å². The first-order valence-electron chi connectivity index (χ1n) is 10.8. The number of fused-ring (bicyclic) bond motifs is 1. The summed E-state index contributed by atoms with van der Waals surface area (Å²) in [6, 6.07) is 5.93. The van der Waals surface area contributed by atoms with Crippen LogP contribution < -0.4 is 10.3 Å². The maximum atomic E-state index is 13.0. The van der Waals surface area contributed by atoms with Crippen molar-refractivity contribution in [3.05, 3.63) is 40.2 Å². The van der Waals surface area contributed by atoms with Crippen LogP contribution in [0.3, 0.4) is 0 Å². The van der Waals surface area contributed by atoms with Crippen LogP contribution in [0.15, 0.2) is 29.1 Å². The molecule has 1 N–H and O–H groups in total. The van der Waals surface area contributed by atoms with Gasteiger partial charge in [0.15, 0.2) is 5.75 Å². The van der Waals surface area contributed by atoms with E-state index >= 15 is 0 Å². The molecule has 0 spiro atoms. The number of hydrogen-bond donors (Lipinski definition) is 1. The number of nitrogens with zero attached hydrogens (tertiary/aromatic N) is 1. The molecule has 0 fully saturated rings. The highest BCUT2D eigenvalue weighted by molar-refractivity contribution is 5.89. The molecule has 0 unspecified atom stereocenters. The van der Waals surface area contributed by atoms with Gasteiger partial charge in [0, 0.05) is 11.6 Å². The van der Waals surface area contributed by atoms with Gasteiger partial charge in [0.25, 0.3) is 0 Å². The molecular weight excluding hydrogens is 350 g/mol. The summed E-state index contributed by atoms with van der Waals surface area (Å²) in [6.07, 6.45) is 13.6. The van der Waals surface area contributed by atoms with Crippen molar-refractivity contribution in [3.8, 4) is 11.5 Å². The molecule has 0 aliphatic heterocycles. The van der Waals surface area contributed by atoms with Crippen molar-refractivity contribution >= 4 is 17.1 Å². The second-order valence-electron chi connectivity index (χ2n) is 7.41. The van der Waals surface area contributed by atoms with Crippen LogP contribution in [0, 0.1) is 0 Å². The van der Waals surface area contributed by atoms with Crippen LogP contribution in [0.1, 0.15) is 77.7 Å². The topological polar surface area (TPSA) is 51.5 Å². The van der Waals surface area contributed by atoms with Crippen molar-refractivity contribution in [2.45, 2.75) is 78.6 Å². The maximum absolute atomic E-state index is 13.0. The number of allylic oxidation sites excluding steroid dienone is 1. The molecule has 0 aliphatic rings. The third-order valence-electron chi connectivity index (χ3n) is 5.07. The Morgan fingerprint density at radius 1 is 1.04 bits per heavy atom. The standard InChI is InChI=1S/C24H35NO3/c1-4-7-9-10-11-12-17-28-23-22(26)20-15-14-19(13-8-5-2)18-21(20)25(16-6-3)24(23)27/h6,14-16,18,26H,4-5,7-13,17H2,1-3H3/b16-6-. The highest BCUT2D eigenvalue weighted by Crippen LogP contribution is 2.32. The average molecular weight is 386 g/mol. The zero-order valence-corrected chi connectivity index (χ0v) is 17.7. The van der Waals surface area contributed by atoms with Crippen LogP contribution in [0.5, 0.6) is 11.5 Å². The van der Waals surface area contributed by atoms with E-state index in [0.717, 1.165) is 37.6 Å². The number of aromatic nitrogens is 1. The molecule has 2 aromatic rings. The first kappa shape index (κ1) is 22.1. The minimum Gasteiger partial charge on any atom is -0.504 e. The Morgan fingerprint density at radius 2 is 1.75 bits per heavy atom. The van der Waals surface area contributed by atoms with Gasteiger partial charge in [0.05, 0.1) is 12.1 Å². The molecular formula is C24H35NO3. The van der Waals surface area contributed by atoms with Gasteiger partial charge in [-0.1, -0.05) is 64.5 Å². The zero-order valence-electron chi connectivity index (χ0n) is 17.7. The van der Waals surface area contributed by atoms with Crippen molar-refractivity contribution in [3.63, 3.8) is 0 Å². The normalized spacial score (nSPS) is 11.5. The molecule has 0 saturated heterocycles. The number of benzene rings is 1. The Bertz CT molecular complexity index is 836. The number of aromatic hydroxyl groups is 1. The summed E-state index contributed by atoms with van der Waals surface area (Å²) in [5, 5.41) is 11.3. The van der Waals surface area contributed by atoms with E-state index in [-0.39, 0.29) is 17.1 Å². The number of rotatable bonds is 12. The summed E-state index contributed by atoms with van der Waals surface area (Å²) < 4.78 is 7.33. The molecule has 154 valence electrons. The molecule has 0 aliphatic carbocycles. The first-order chi connectivity index (χ1) is 13.6. The maximum Gasteiger partial charge on any atom is 0.301 e. The Morgan fingerprint density at radius 3 is 2.46 bits per heavy atom. The minimum atomic E-state index is -0.304. The molecule has 4 nitrogen and oxygen atoms in total. The summed E-state index contributed by atoms with van der Waals surface area (Å²) in [7, 11) is 0. The fourth-order valence-electron chi connectivity index (χ4n) is 3.44. The van der Waals surface area contributed by atoms with Gasteiger partial charge in [-0.05, 0) is 43.9 Å². The third kappa shape index (κ3) is 5.63. The molecule has 0 saturated carbocycles. The predicted octanol–water partition coefficient (Wildman–Crippen LogP) is 6.28. The highest BCUT2D eigenvalue weighted by Gasteiger charge is 2.17. The van der Waals surface area contributed by atoms with E-state index in [1.165, 1.54) is 31.2 Å². The highest BCUT2D eigenvalue weighted by atomic mass is 16.5. The van der Waals surface area contributed by atoms with Gasteiger partial charge in [0.2, 0.25) is 5.75 Å². The Kier molecular flexibility index (Phi) is 9.12. The molecule has 4 heteroatoms. The van der Waals surface area contributed by atoms with E-state index in [2.05, 4.69) is 13.8 Å². The van der Waals surface area contributed by atoms with E-state index in [4.69, 9.17) is 4.74 Å². The summed E-state index contributed by atoms with van der Waals surface area (Å²) in [4.78, 5) is 13.0. The lowest BCUT2D eigenvalue weighted by Crippen LogP contribution is -2.19. The van der Waals surface area contributed by atoms with E-state index in [9.17, 15) is 9.90 Å². The van der Waals surface area contributed by atoms with E-state index in [1.54, 1.807) is 10.8 Å². The predicted molar refractivity (Wildman–Crippen MR) is 118 cm³/mol. The van der Waals surface area contributed by atoms with Gasteiger partial charge in [-0.2, -0.15) is 0 Å². The monoisotopic (exact) mass is 385 g/mol. The molecule has 2 rings (SSSR count). The lowest BCUT2D eigenvalue weighted by atomic mass is 10.1. The van der Waals surface area contributed by atoms with Crippen LogP contribution in [-0.4, -0.2) is 16.3 Å². The molecule has 1 aromatic carbocycles. The molecule has 1 aromatic heterocycles. The van der Waals surface area contributed by atoms with Crippen LogP contribution in [0.4, 0.5) is 0 Å². The number of unbranched alkanes of at least 4 members (excludes halogenated alkanes) is 6. The van der Waals surface area contributed by atoms with Gasteiger partial charge in [-0.15, -0.1) is 0 Å². The fraction of sp³-hybridized carbons (Fsp3) is 0.542. The summed E-state index contributed by atoms with van der Waals surface area (Å²) in [5.74, 6) is 0.00856. The van der Waals surface area contributed by atoms with Crippen LogP contribution >= 0.6 is 0 Å². The smallest absolute Gasteiger partial charge is 0.301 e. The Labute approximate surface area is 168 Å². The number of aryl methyl sites for hydroxylation is 1. The second-order valence-corrected chi connectivity index (χ2v) is 7.41. The van der Waals surface area contributed by atoms with Gasteiger partial charge < -0.3 is 9.84 Å². The fourth-order valence-corrected chi connectivity index (χ4v) is 3.44. The van der Waals surface area contributed by atoms with E-state index in [1.807, 2.05) is 31.2 Å².